The van der Waals surface area contributed by atoms with Gasteiger partial charge in [0.25, 0.3) is 0 Å². The summed E-state index contributed by atoms with van der Waals surface area (Å²) in [6.45, 7) is -0.742. The van der Waals surface area contributed by atoms with Crippen LogP contribution in [0.3, 0.4) is 0 Å². The van der Waals surface area contributed by atoms with Crippen molar-refractivity contribution in [2.45, 2.75) is 12.1 Å². The molecule has 0 radical (unpaired) electrons. The Labute approximate surface area is 107 Å². The Morgan fingerprint density at radius 1 is 1.50 bits per heavy atom. The number of methoxy groups -OCH3 is 1. The Bertz CT molecular complexity index is 378. The molecule has 0 aliphatic rings. The first-order valence-corrected chi connectivity index (χ1v) is 5.69. The van der Waals surface area contributed by atoms with E-state index in [1.165, 1.54) is 7.11 Å². The highest BCUT2D eigenvalue weighted by molar-refractivity contribution is 14.1. The predicted octanol–water partition coefficient (Wildman–Crippen LogP) is 3.63. The molecule has 0 aliphatic carbocycles. The quantitative estimate of drug-likeness (QED) is 0.351. The SMILES string of the molecule is COC(c1ccc(I)cc1)C(CF)N=[N+]=[N-]. The van der Waals surface area contributed by atoms with Gasteiger partial charge in [-0.3, -0.25) is 4.39 Å². The molecule has 0 aromatic heterocycles. The molecule has 2 atom stereocenters. The highest BCUT2D eigenvalue weighted by Gasteiger charge is 2.21. The van der Waals surface area contributed by atoms with Crippen molar-refractivity contribution in [1.82, 2.24) is 0 Å². The number of ether oxygens (including phenoxy) is 1. The average molecular weight is 335 g/mol. The number of halogens is 2. The van der Waals surface area contributed by atoms with E-state index in [1.807, 2.05) is 24.3 Å². The summed E-state index contributed by atoms with van der Waals surface area (Å²) in [6, 6.07) is 6.65. The third kappa shape index (κ3) is 3.33. The molecular formula is C10H11FIN3O. The molecule has 0 amide bonds. The number of benzene rings is 1. The second-order valence-corrected chi connectivity index (χ2v) is 4.38. The van der Waals surface area contributed by atoms with E-state index >= 15 is 0 Å². The zero-order valence-corrected chi connectivity index (χ0v) is 10.8. The fourth-order valence-electron chi connectivity index (χ4n) is 1.41. The molecule has 0 aliphatic heterocycles. The number of alkyl halides is 1. The number of hydrogen-bond acceptors (Lipinski definition) is 2. The maximum Gasteiger partial charge on any atom is 0.101 e. The van der Waals surface area contributed by atoms with Crippen LogP contribution in [-0.2, 0) is 4.74 Å². The molecule has 1 rings (SSSR count). The van der Waals surface area contributed by atoms with Gasteiger partial charge in [-0.2, -0.15) is 0 Å². The van der Waals surface area contributed by atoms with Crippen LogP contribution in [0, 0.1) is 3.57 Å². The lowest BCUT2D eigenvalue weighted by molar-refractivity contribution is 0.0722. The van der Waals surface area contributed by atoms with Crippen molar-refractivity contribution < 1.29 is 9.13 Å². The smallest absolute Gasteiger partial charge is 0.101 e. The molecule has 6 heteroatoms. The summed E-state index contributed by atoms with van der Waals surface area (Å²) in [5.41, 5.74) is 9.14. The van der Waals surface area contributed by atoms with Crippen molar-refractivity contribution in [3.05, 3.63) is 43.8 Å². The molecule has 0 saturated carbocycles. The monoisotopic (exact) mass is 335 g/mol. The molecular weight excluding hydrogens is 324 g/mol. The Hall–Kier alpha value is -0.850. The molecule has 2 unspecified atom stereocenters. The topological polar surface area (TPSA) is 58.0 Å². The molecule has 1 aromatic carbocycles. The van der Waals surface area contributed by atoms with Crippen molar-refractivity contribution in [2.75, 3.05) is 13.8 Å². The van der Waals surface area contributed by atoms with E-state index in [0.29, 0.717) is 0 Å². The van der Waals surface area contributed by atoms with Crippen LogP contribution in [0.5, 0.6) is 0 Å². The van der Waals surface area contributed by atoms with E-state index in [4.69, 9.17) is 10.3 Å². The normalized spacial score (nSPS) is 13.9. The second-order valence-electron chi connectivity index (χ2n) is 3.13. The van der Waals surface area contributed by atoms with E-state index in [-0.39, 0.29) is 0 Å². The van der Waals surface area contributed by atoms with Gasteiger partial charge in [-0.25, -0.2) is 0 Å². The van der Waals surface area contributed by atoms with Gasteiger partial charge in [0.2, 0.25) is 0 Å². The van der Waals surface area contributed by atoms with Crippen LogP contribution < -0.4 is 0 Å². The molecule has 0 saturated heterocycles. The van der Waals surface area contributed by atoms with E-state index in [1.54, 1.807) is 0 Å². The Morgan fingerprint density at radius 2 is 2.12 bits per heavy atom. The Kier molecular flexibility index (Phi) is 5.51. The highest BCUT2D eigenvalue weighted by Crippen LogP contribution is 2.24. The van der Waals surface area contributed by atoms with Crippen LogP contribution in [0.2, 0.25) is 0 Å². The minimum absolute atomic E-state index is 0.544. The third-order valence-electron chi connectivity index (χ3n) is 2.16. The lowest BCUT2D eigenvalue weighted by atomic mass is 10.0. The standard InChI is InChI=1S/C10H11FIN3O/c1-16-10(9(6-11)14-15-13)7-2-4-8(12)5-3-7/h2-5,9-10H,6H2,1H3. The molecule has 16 heavy (non-hydrogen) atoms. The molecule has 4 nitrogen and oxygen atoms in total. The third-order valence-corrected chi connectivity index (χ3v) is 2.88. The summed E-state index contributed by atoms with van der Waals surface area (Å²) in [4.78, 5) is 2.62. The fraction of sp³-hybridized carbons (Fsp3) is 0.400. The van der Waals surface area contributed by atoms with Gasteiger partial charge in [0, 0.05) is 15.6 Å². The van der Waals surface area contributed by atoms with Crippen molar-refractivity contribution in [2.24, 2.45) is 5.11 Å². The summed E-state index contributed by atoms with van der Waals surface area (Å²) >= 11 is 2.18. The minimum Gasteiger partial charge on any atom is -0.376 e. The van der Waals surface area contributed by atoms with Crippen LogP contribution in [-0.4, -0.2) is 19.8 Å². The largest absolute Gasteiger partial charge is 0.376 e. The lowest BCUT2D eigenvalue weighted by Crippen LogP contribution is -2.20. The molecule has 0 heterocycles. The van der Waals surface area contributed by atoms with E-state index in [9.17, 15) is 4.39 Å². The average Bonchev–Trinajstić information content (AvgIpc) is 2.31. The predicted molar refractivity (Wildman–Crippen MR) is 67.8 cm³/mol. The summed E-state index contributed by atoms with van der Waals surface area (Å²) < 4.78 is 19.0. The van der Waals surface area contributed by atoms with Crippen LogP contribution in [0.1, 0.15) is 11.7 Å². The number of nitrogens with zero attached hydrogens (tertiary/aromatic N) is 3. The maximum atomic E-state index is 12.7. The van der Waals surface area contributed by atoms with Crippen LogP contribution in [0.25, 0.3) is 10.4 Å². The van der Waals surface area contributed by atoms with Gasteiger partial charge in [-0.15, -0.1) is 0 Å². The molecule has 0 bridgehead atoms. The van der Waals surface area contributed by atoms with Crippen molar-refractivity contribution >= 4 is 22.6 Å². The zero-order chi connectivity index (χ0) is 12.0. The van der Waals surface area contributed by atoms with Crippen molar-refractivity contribution in [3.8, 4) is 0 Å². The van der Waals surface area contributed by atoms with Crippen molar-refractivity contribution in [3.63, 3.8) is 0 Å². The van der Waals surface area contributed by atoms with E-state index < -0.39 is 18.8 Å². The fourth-order valence-corrected chi connectivity index (χ4v) is 1.77. The van der Waals surface area contributed by atoms with E-state index in [2.05, 4.69) is 32.6 Å². The molecule has 0 N–H and O–H groups in total. The number of hydrogen-bond donors (Lipinski definition) is 0. The van der Waals surface area contributed by atoms with Crippen LogP contribution >= 0.6 is 22.6 Å². The van der Waals surface area contributed by atoms with Gasteiger partial charge in [0.15, 0.2) is 0 Å². The summed E-state index contributed by atoms with van der Waals surface area (Å²) in [5.74, 6) is 0. The number of azide groups is 1. The zero-order valence-electron chi connectivity index (χ0n) is 8.68. The van der Waals surface area contributed by atoms with Gasteiger partial charge in [0.05, 0.1) is 12.1 Å². The van der Waals surface area contributed by atoms with Crippen molar-refractivity contribution in [1.29, 1.82) is 0 Å². The summed E-state index contributed by atoms with van der Waals surface area (Å²) in [6.07, 6.45) is -0.544. The molecule has 86 valence electrons. The van der Waals surface area contributed by atoms with Crippen LogP contribution in [0.15, 0.2) is 29.4 Å². The first-order valence-electron chi connectivity index (χ1n) is 4.61. The number of rotatable bonds is 5. The molecule has 1 aromatic rings. The first kappa shape index (κ1) is 13.2. The van der Waals surface area contributed by atoms with E-state index in [0.717, 1.165) is 9.13 Å². The summed E-state index contributed by atoms with van der Waals surface area (Å²) in [5, 5.41) is 3.39. The van der Waals surface area contributed by atoms with Gasteiger partial charge in [-0.05, 0) is 45.8 Å². The van der Waals surface area contributed by atoms with Crippen LogP contribution in [0.4, 0.5) is 4.39 Å². The summed E-state index contributed by atoms with van der Waals surface area (Å²) in [7, 11) is 1.47. The maximum absolute atomic E-state index is 12.7. The van der Waals surface area contributed by atoms with Gasteiger partial charge in [0.1, 0.15) is 6.67 Å². The first-order chi connectivity index (χ1) is 7.72. The molecule has 0 spiro atoms. The highest BCUT2D eigenvalue weighted by atomic mass is 127. The Morgan fingerprint density at radius 3 is 2.56 bits per heavy atom. The minimum atomic E-state index is -0.824. The lowest BCUT2D eigenvalue weighted by Gasteiger charge is -2.20. The Balaban J connectivity index is 2.96. The van der Waals surface area contributed by atoms with Gasteiger partial charge in [-0.1, -0.05) is 17.2 Å². The second kappa shape index (κ2) is 6.67. The van der Waals surface area contributed by atoms with Gasteiger partial charge >= 0.3 is 0 Å². The molecule has 0 fully saturated rings. The van der Waals surface area contributed by atoms with Gasteiger partial charge < -0.3 is 4.74 Å².